The summed E-state index contributed by atoms with van der Waals surface area (Å²) >= 11 is 0. The van der Waals surface area contributed by atoms with E-state index in [1.807, 2.05) is 12.1 Å². The minimum absolute atomic E-state index is 0.334. The van der Waals surface area contributed by atoms with Crippen LogP contribution in [0.4, 0.5) is 0 Å². The normalized spacial score (nSPS) is 12.0. The van der Waals surface area contributed by atoms with Gasteiger partial charge in [0.25, 0.3) is 0 Å². The summed E-state index contributed by atoms with van der Waals surface area (Å²) in [6.45, 7) is 4.37. The Morgan fingerprint density at radius 1 is 1.06 bits per heavy atom. The van der Waals surface area contributed by atoms with E-state index >= 15 is 0 Å². The number of benzene rings is 1. The van der Waals surface area contributed by atoms with Gasteiger partial charge < -0.3 is 0 Å². The fourth-order valence-electron chi connectivity index (χ4n) is 2.21. The maximum absolute atomic E-state index is 11.6. The SMILES string of the molecule is CCCC(CCC)c1ccc(S(=O)(=O)NC)cc1. The van der Waals surface area contributed by atoms with Crippen LogP contribution in [-0.2, 0) is 10.0 Å². The first-order valence-electron chi connectivity index (χ1n) is 6.58. The van der Waals surface area contributed by atoms with E-state index in [0.717, 1.165) is 25.7 Å². The quantitative estimate of drug-likeness (QED) is 0.825. The summed E-state index contributed by atoms with van der Waals surface area (Å²) in [5.74, 6) is 0.548. The zero-order chi connectivity index (χ0) is 13.6. The molecule has 3 nitrogen and oxygen atoms in total. The Bertz CT molecular complexity index is 445. The smallest absolute Gasteiger partial charge is 0.214 e. The molecule has 0 saturated heterocycles. The third kappa shape index (κ3) is 3.82. The highest BCUT2D eigenvalue weighted by atomic mass is 32.2. The van der Waals surface area contributed by atoms with Crippen LogP contribution >= 0.6 is 0 Å². The van der Waals surface area contributed by atoms with Crippen molar-refractivity contribution in [3.8, 4) is 0 Å². The van der Waals surface area contributed by atoms with Gasteiger partial charge in [0.2, 0.25) is 10.0 Å². The van der Waals surface area contributed by atoms with Crippen LogP contribution < -0.4 is 4.72 Å². The van der Waals surface area contributed by atoms with Crippen molar-refractivity contribution in [2.75, 3.05) is 7.05 Å². The molecular weight excluding hydrogens is 246 g/mol. The molecule has 0 amide bonds. The second-order valence-electron chi connectivity index (χ2n) is 4.55. The highest BCUT2D eigenvalue weighted by molar-refractivity contribution is 7.89. The fraction of sp³-hybridized carbons (Fsp3) is 0.571. The van der Waals surface area contributed by atoms with Gasteiger partial charge in [0.05, 0.1) is 4.90 Å². The van der Waals surface area contributed by atoms with Crippen LogP contribution in [0.25, 0.3) is 0 Å². The van der Waals surface area contributed by atoms with E-state index in [0.29, 0.717) is 10.8 Å². The molecule has 1 aromatic rings. The molecule has 4 heteroatoms. The van der Waals surface area contributed by atoms with Crippen molar-refractivity contribution in [3.05, 3.63) is 29.8 Å². The Hall–Kier alpha value is -0.870. The Kier molecular flexibility index (Phi) is 5.82. The van der Waals surface area contributed by atoms with Crippen LogP contribution in [-0.4, -0.2) is 15.5 Å². The van der Waals surface area contributed by atoms with Crippen LogP contribution in [0.15, 0.2) is 29.2 Å². The summed E-state index contributed by atoms with van der Waals surface area (Å²) in [5, 5.41) is 0. The van der Waals surface area contributed by atoms with Crippen LogP contribution in [0, 0.1) is 0 Å². The molecule has 0 saturated carbocycles. The second-order valence-corrected chi connectivity index (χ2v) is 6.44. The molecule has 1 N–H and O–H groups in total. The van der Waals surface area contributed by atoms with Crippen LogP contribution in [0.3, 0.4) is 0 Å². The van der Waals surface area contributed by atoms with Gasteiger partial charge in [-0.05, 0) is 43.5 Å². The van der Waals surface area contributed by atoms with Gasteiger partial charge in [-0.3, -0.25) is 0 Å². The molecule has 18 heavy (non-hydrogen) atoms. The third-order valence-corrected chi connectivity index (χ3v) is 4.64. The Morgan fingerprint density at radius 2 is 1.56 bits per heavy atom. The number of hydrogen-bond donors (Lipinski definition) is 1. The molecular formula is C14H23NO2S. The molecule has 0 aliphatic carbocycles. The maximum atomic E-state index is 11.6. The molecule has 0 aromatic heterocycles. The fourth-order valence-corrected chi connectivity index (χ4v) is 2.94. The van der Waals surface area contributed by atoms with Gasteiger partial charge in [0, 0.05) is 0 Å². The predicted octanol–water partition coefficient (Wildman–Crippen LogP) is 3.28. The van der Waals surface area contributed by atoms with Gasteiger partial charge in [0.1, 0.15) is 0 Å². The summed E-state index contributed by atoms with van der Waals surface area (Å²) in [6, 6.07) is 7.28. The monoisotopic (exact) mass is 269 g/mol. The first-order valence-corrected chi connectivity index (χ1v) is 8.07. The van der Waals surface area contributed by atoms with Gasteiger partial charge >= 0.3 is 0 Å². The van der Waals surface area contributed by atoms with E-state index in [-0.39, 0.29) is 0 Å². The molecule has 102 valence electrons. The molecule has 0 unspecified atom stereocenters. The molecule has 0 spiro atoms. The van der Waals surface area contributed by atoms with E-state index in [1.54, 1.807) is 12.1 Å². The Balaban J connectivity index is 2.93. The lowest BCUT2D eigenvalue weighted by atomic mass is 9.90. The minimum atomic E-state index is -3.32. The first-order chi connectivity index (χ1) is 8.55. The Labute approximate surface area is 111 Å². The average Bonchev–Trinajstić information content (AvgIpc) is 2.39. The molecule has 0 atom stereocenters. The molecule has 0 bridgehead atoms. The van der Waals surface area contributed by atoms with Crippen molar-refractivity contribution < 1.29 is 8.42 Å². The number of sulfonamides is 1. The second kappa shape index (κ2) is 6.90. The topological polar surface area (TPSA) is 46.2 Å². The lowest BCUT2D eigenvalue weighted by Crippen LogP contribution is -2.18. The van der Waals surface area contributed by atoms with Gasteiger partial charge in [0.15, 0.2) is 0 Å². The van der Waals surface area contributed by atoms with Crippen LogP contribution in [0.2, 0.25) is 0 Å². The molecule has 0 heterocycles. The molecule has 0 aliphatic rings. The van der Waals surface area contributed by atoms with Crippen molar-refractivity contribution in [1.82, 2.24) is 4.72 Å². The van der Waals surface area contributed by atoms with Crippen molar-refractivity contribution in [1.29, 1.82) is 0 Å². The maximum Gasteiger partial charge on any atom is 0.240 e. The summed E-state index contributed by atoms with van der Waals surface area (Å²) in [4.78, 5) is 0.334. The van der Waals surface area contributed by atoms with Crippen LogP contribution in [0.5, 0.6) is 0 Å². The predicted molar refractivity (Wildman–Crippen MR) is 75.2 cm³/mol. The summed E-state index contributed by atoms with van der Waals surface area (Å²) in [5.41, 5.74) is 1.24. The van der Waals surface area contributed by atoms with Crippen molar-refractivity contribution in [2.24, 2.45) is 0 Å². The third-order valence-electron chi connectivity index (χ3n) is 3.20. The number of hydrogen-bond acceptors (Lipinski definition) is 2. The van der Waals surface area contributed by atoms with E-state index in [2.05, 4.69) is 18.6 Å². The molecule has 1 aromatic carbocycles. The average molecular weight is 269 g/mol. The van der Waals surface area contributed by atoms with Gasteiger partial charge in [-0.25, -0.2) is 13.1 Å². The number of nitrogens with one attached hydrogen (secondary N) is 1. The Morgan fingerprint density at radius 3 is 1.94 bits per heavy atom. The highest BCUT2D eigenvalue weighted by Crippen LogP contribution is 2.27. The standard InChI is InChI=1S/C14H23NO2S/c1-4-6-12(7-5-2)13-8-10-14(11-9-13)18(16,17)15-3/h8-12,15H,4-7H2,1-3H3. The zero-order valence-electron chi connectivity index (χ0n) is 11.4. The minimum Gasteiger partial charge on any atom is -0.214 e. The molecule has 1 rings (SSSR count). The van der Waals surface area contributed by atoms with Gasteiger partial charge in [-0.2, -0.15) is 0 Å². The molecule has 0 aliphatic heterocycles. The van der Waals surface area contributed by atoms with Gasteiger partial charge in [-0.15, -0.1) is 0 Å². The van der Waals surface area contributed by atoms with E-state index < -0.39 is 10.0 Å². The molecule has 0 fully saturated rings. The van der Waals surface area contributed by atoms with Crippen LogP contribution in [0.1, 0.15) is 51.0 Å². The summed E-state index contributed by atoms with van der Waals surface area (Å²) < 4.78 is 25.6. The summed E-state index contributed by atoms with van der Waals surface area (Å²) in [7, 11) is -1.88. The van der Waals surface area contributed by atoms with Gasteiger partial charge in [-0.1, -0.05) is 38.8 Å². The van der Waals surface area contributed by atoms with Crippen molar-refractivity contribution >= 4 is 10.0 Å². The van der Waals surface area contributed by atoms with Crippen molar-refractivity contribution in [3.63, 3.8) is 0 Å². The first kappa shape index (κ1) is 15.2. The summed E-state index contributed by atoms with van der Waals surface area (Å²) in [6.07, 6.45) is 4.63. The van der Waals surface area contributed by atoms with E-state index in [9.17, 15) is 8.42 Å². The lowest BCUT2D eigenvalue weighted by Gasteiger charge is -2.16. The molecule has 0 radical (unpaired) electrons. The largest absolute Gasteiger partial charge is 0.240 e. The van der Waals surface area contributed by atoms with Crippen molar-refractivity contribution in [2.45, 2.75) is 50.3 Å². The van der Waals surface area contributed by atoms with E-state index in [4.69, 9.17) is 0 Å². The van der Waals surface area contributed by atoms with E-state index in [1.165, 1.54) is 12.6 Å². The number of rotatable bonds is 7. The lowest BCUT2D eigenvalue weighted by molar-refractivity contribution is 0.560. The zero-order valence-corrected chi connectivity index (χ0v) is 12.3. The highest BCUT2D eigenvalue weighted by Gasteiger charge is 2.13.